The van der Waals surface area contributed by atoms with E-state index >= 15 is 0 Å². The summed E-state index contributed by atoms with van der Waals surface area (Å²) in [6.45, 7) is 3.44. The summed E-state index contributed by atoms with van der Waals surface area (Å²) in [5.74, 6) is 0.203. The lowest BCUT2D eigenvalue weighted by Gasteiger charge is -2.29. The molecule has 0 aromatic carbocycles. The van der Waals surface area contributed by atoms with E-state index in [4.69, 9.17) is 0 Å². The number of esters is 1. The van der Waals surface area contributed by atoms with Gasteiger partial charge in [0.05, 0.1) is 13.5 Å². The minimum Gasteiger partial charge on any atom is -0.469 e. The van der Waals surface area contributed by atoms with Crippen LogP contribution in [0.4, 0.5) is 0 Å². The van der Waals surface area contributed by atoms with Crippen molar-refractivity contribution in [2.75, 3.05) is 20.2 Å². The van der Waals surface area contributed by atoms with E-state index in [1.807, 2.05) is 4.90 Å². The first-order chi connectivity index (χ1) is 9.69. The van der Waals surface area contributed by atoms with Gasteiger partial charge in [-0.25, -0.2) is 0 Å². The van der Waals surface area contributed by atoms with Crippen LogP contribution < -0.4 is 0 Å². The predicted octanol–water partition coefficient (Wildman–Crippen LogP) is 3.15. The molecule has 4 nitrogen and oxygen atoms in total. The number of rotatable bonds is 8. The van der Waals surface area contributed by atoms with Crippen LogP contribution in [0.1, 0.15) is 64.7 Å². The van der Waals surface area contributed by atoms with Crippen molar-refractivity contribution in [3.8, 4) is 0 Å². The molecule has 0 saturated heterocycles. The first-order valence-corrected chi connectivity index (χ1v) is 8.04. The zero-order valence-electron chi connectivity index (χ0n) is 13.0. The highest BCUT2D eigenvalue weighted by Crippen LogP contribution is 2.25. The van der Waals surface area contributed by atoms with Gasteiger partial charge in [0.25, 0.3) is 0 Å². The number of amides is 1. The predicted molar refractivity (Wildman–Crippen MR) is 79.3 cm³/mol. The Bertz CT molecular complexity index is 298. The Balaban J connectivity index is 2.49. The fourth-order valence-corrected chi connectivity index (χ4v) is 2.82. The average Bonchev–Trinajstić information content (AvgIpc) is 2.50. The maximum atomic E-state index is 12.6. The number of nitrogens with zero attached hydrogens (tertiary/aromatic N) is 1. The van der Waals surface area contributed by atoms with Gasteiger partial charge < -0.3 is 9.64 Å². The summed E-state index contributed by atoms with van der Waals surface area (Å²) >= 11 is 0. The van der Waals surface area contributed by atoms with Crippen molar-refractivity contribution in [1.29, 1.82) is 0 Å². The van der Waals surface area contributed by atoms with Gasteiger partial charge in [0.15, 0.2) is 0 Å². The first-order valence-electron chi connectivity index (χ1n) is 8.04. The number of methoxy groups -OCH3 is 1. The summed E-state index contributed by atoms with van der Waals surface area (Å²) in [7, 11) is 1.40. The van der Waals surface area contributed by atoms with Crippen molar-refractivity contribution < 1.29 is 14.3 Å². The SMILES string of the molecule is CCCCCN(CCC(=O)OC)C(=O)C1CCCCC1. The van der Waals surface area contributed by atoms with E-state index in [-0.39, 0.29) is 17.8 Å². The molecule has 0 aromatic heterocycles. The van der Waals surface area contributed by atoms with Crippen LogP contribution in [0.2, 0.25) is 0 Å². The molecule has 1 rings (SSSR count). The van der Waals surface area contributed by atoms with E-state index < -0.39 is 0 Å². The Labute approximate surface area is 122 Å². The lowest BCUT2D eigenvalue weighted by atomic mass is 9.88. The molecule has 1 amide bonds. The fraction of sp³-hybridized carbons (Fsp3) is 0.875. The Morgan fingerprint density at radius 2 is 1.80 bits per heavy atom. The number of unbranched alkanes of at least 4 members (excludes halogenated alkanes) is 2. The van der Waals surface area contributed by atoms with Crippen LogP contribution in [-0.4, -0.2) is 37.0 Å². The van der Waals surface area contributed by atoms with Crippen molar-refractivity contribution in [2.24, 2.45) is 5.92 Å². The molecule has 1 aliphatic rings. The van der Waals surface area contributed by atoms with Gasteiger partial charge in [0.2, 0.25) is 5.91 Å². The summed E-state index contributed by atoms with van der Waals surface area (Å²) < 4.78 is 4.67. The van der Waals surface area contributed by atoms with Gasteiger partial charge in [-0.3, -0.25) is 9.59 Å². The van der Waals surface area contributed by atoms with Gasteiger partial charge in [0, 0.05) is 19.0 Å². The van der Waals surface area contributed by atoms with E-state index in [0.29, 0.717) is 13.0 Å². The molecule has 0 radical (unpaired) electrons. The second-order valence-corrected chi connectivity index (χ2v) is 5.69. The van der Waals surface area contributed by atoms with Crippen LogP contribution in [0.25, 0.3) is 0 Å². The highest BCUT2D eigenvalue weighted by atomic mass is 16.5. The fourth-order valence-electron chi connectivity index (χ4n) is 2.82. The molecule has 0 N–H and O–H groups in total. The maximum Gasteiger partial charge on any atom is 0.307 e. The number of hydrogen-bond donors (Lipinski definition) is 0. The molecule has 116 valence electrons. The minimum atomic E-state index is -0.234. The van der Waals surface area contributed by atoms with Crippen molar-refractivity contribution in [2.45, 2.75) is 64.7 Å². The van der Waals surface area contributed by atoms with Crippen molar-refractivity contribution in [1.82, 2.24) is 4.90 Å². The van der Waals surface area contributed by atoms with Crippen LogP contribution in [0.3, 0.4) is 0 Å². The molecule has 4 heteroatoms. The molecule has 1 aliphatic carbocycles. The molecule has 0 heterocycles. The monoisotopic (exact) mass is 283 g/mol. The van der Waals surface area contributed by atoms with Gasteiger partial charge in [0.1, 0.15) is 0 Å². The molecule has 0 bridgehead atoms. The highest BCUT2D eigenvalue weighted by molar-refractivity contribution is 5.79. The average molecular weight is 283 g/mol. The van der Waals surface area contributed by atoms with Crippen molar-refractivity contribution in [3.05, 3.63) is 0 Å². The molecule has 0 aliphatic heterocycles. The van der Waals surface area contributed by atoms with E-state index in [2.05, 4.69) is 11.7 Å². The van der Waals surface area contributed by atoms with E-state index in [1.165, 1.54) is 13.5 Å². The zero-order chi connectivity index (χ0) is 14.8. The number of carbonyl (C=O) groups excluding carboxylic acids is 2. The molecule has 1 saturated carbocycles. The standard InChI is InChI=1S/C16H29NO3/c1-3-4-8-12-17(13-11-15(18)20-2)16(19)14-9-6-5-7-10-14/h14H,3-13H2,1-2H3. The van der Waals surface area contributed by atoms with E-state index in [0.717, 1.165) is 51.5 Å². The molecule has 20 heavy (non-hydrogen) atoms. The number of hydrogen-bond acceptors (Lipinski definition) is 3. The molecular weight excluding hydrogens is 254 g/mol. The lowest BCUT2D eigenvalue weighted by molar-refractivity contribution is -0.142. The van der Waals surface area contributed by atoms with Gasteiger partial charge in [-0.1, -0.05) is 39.0 Å². The topological polar surface area (TPSA) is 46.6 Å². The molecule has 0 aromatic rings. The Kier molecular flexibility index (Phi) is 8.31. The Hall–Kier alpha value is -1.06. The summed E-state index contributed by atoms with van der Waals surface area (Å²) in [5.41, 5.74) is 0. The molecule has 0 spiro atoms. The van der Waals surface area contributed by atoms with Crippen LogP contribution >= 0.6 is 0 Å². The second-order valence-electron chi connectivity index (χ2n) is 5.69. The number of ether oxygens (including phenoxy) is 1. The molecule has 0 atom stereocenters. The Morgan fingerprint density at radius 3 is 2.40 bits per heavy atom. The summed E-state index contributed by atoms with van der Waals surface area (Å²) in [5, 5.41) is 0. The van der Waals surface area contributed by atoms with Crippen LogP contribution in [0.15, 0.2) is 0 Å². The smallest absolute Gasteiger partial charge is 0.307 e. The maximum absolute atomic E-state index is 12.6. The third kappa shape index (κ3) is 5.93. The highest BCUT2D eigenvalue weighted by Gasteiger charge is 2.25. The van der Waals surface area contributed by atoms with Crippen LogP contribution in [0.5, 0.6) is 0 Å². The van der Waals surface area contributed by atoms with Gasteiger partial charge >= 0.3 is 5.97 Å². The third-order valence-corrected chi connectivity index (χ3v) is 4.11. The number of carbonyl (C=O) groups is 2. The van der Waals surface area contributed by atoms with Crippen LogP contribution in [0, 0.1) is 5.92 Å². The summed E-state index contributed by atoms with van der Waals surface area (Å²) in [6.07, 6.45) is 9.21. The summed E-state index contributed by atoms with van der Waals surface area (Å²) in [4.78, 5) is 25.7. The third-order valence-electron chi connectivity index (χ3n) is 4.11. The normalized spacial score (nSPS) is 15.9. The first kappa shape index (κ1) is 17.0. The second kappa shape index (κ2) is 9.78. The van der Waals surface area contributed by atoms with Crippen molar-refractivity contribution >= 4 is 11.9 Å². The quantitative estimate of drug-likeness (QED) is 0.508. The summed E-state index contributed by atoms with van der Waals surface area (Å²) in [6, 6.07) is 0. The molecule has 1 fully saturated rings. The molecular formula is C16H29NO3. The van der Waals surface area contributed by atoms with Gasteiger partial charge in [-0.05, 0) is 19.3 Å². The zero-order valence-corrected chi connectivity index (χ0v) is 13.0. The molecule has 0 unspecified atom stereocenters. The minimum absolute atomic E-state index is 0.183. The Morgan fingerprint density at radius 1 is 1.10 bits per heavy atom. The van der Waals surface area contributed by atoms with Gasteiger partial charge in [-0.15, -0.1) is 0 Å². The van der Waals surface area contributed by atoms with E-state index in [9.17, 15) is 9.59 Å². The van der Waals surface area contributed by atoms with Gasteiger partial charge in [-0.2, -0.15) is 0 Å². The van der Waals surface area contributed by atoms with Crippen molar-refractivity contribution in [3.63, 3.8) is 0 Å². The van der Waals surface area contributed by atoms with Crippen LogP contribution in [-0.2, 0) is 14.3 Å². The van der Waals surface area contributed by atoms with E-state index in [1.54, 1.807) is 0 Å². The lowest BCUT2D eigenvalue weighted by Crippen LogP contribution is -2.39. The largest absolute Gasteiger partial charge is 0.469 e.